The highest BCUT2D eigenvalue weighted by Gasteiger charge is 2.26. The third-order valence-electron chi connectivity index (χ3n) is 5.14. The first-order chi connectivity index (χ1) is 11.6. The van der Waals surface area contributed by atoms with Crippen molar-refractivity contribution in [3.8, 4) is 0 Å². The molecule has 1 N–H and O–H groups in total. The summed E-state index contributed by atoms with van der Waals surface area (Å²) in [4.78, 5) is 4.76. The van der Waals surface area contributed by atoms with Crippen LogP contribution in [-0.2, 0) is 11.3 Å². The van der Waals surface area contributed by atoms with Gasteiger partial charge in [-0.25, -0.2) is 0 Å². The van der Waals surface area contributed by atoms with E-state index < -0.39 is 0 Å². The number of aromatic nitrogens is 2. The highest BCUT2D eigenvalue weighted by atomic mass is 16.5. The van der Waals surface area contributed by atoms with Crippen LogP contribution in [0.3, 0.4) is 0 Å². The van der Waals surface area contributed by atoms with E-state index in [1.54, 1.807) is 0 Å². The molecule has 0 aliphatic carbocycles. The average molecular weight is 336 g/mol. The highest BCUT2D eigenvalue weighted by molar-refractivity contribution is 4.81. The van der Waals surface area contributed by atoms with Crippen molar-refractivity contribution in [3.05, 3.63) is 18.5 Å². The molecule has 0 spiro atoms. The van der Waals surface area contributed by atoms with Crippen molar-refractivity contribution in [1.29, 1.82) is 0 Å². The number of aliphatic hydroxyl groups is 1. The van der Waals surface area contributed by atoms with E-state index in [0.717, 1.165) is 45.8 Å². The molecular formula is C18H32N4O2. The Labute approximate surface area is 145 Å². The number of ether oxygens (including phenoxy) is 1. The summed E-state index contributed by atoms with van der Waals surface area (Å²) < 4.78 is 7.80. The van der Waals surface area contributed by atoms with Crippen molar-refractivity contribution in [2.24, 2.45) is 5.92 Å². The molecule has 2 aliphatic rings. The van der Waals surface area contributed by atoms with Crippen molar-refractivity contribution in [2.75, 3.05) is 39.3 Å². The first-order valence-corrected chi connectivity index (χ1v) is 9.34. The Morgan fingerprint density at radius 3 is 2.42 bits per heavy atom. The van der Waals surface area contributed by atoms with Crippen LogP contribution in [0.2, 0.25) is 0 Å². The molecule has 3 heterocycles. The van der Waals surface area contributed by atoms with E-state index in [2.05, 4.69) is 28.7 Å². The zero-order valence-electron chi connectivity index (χ0n) is 15.0. The Morgan fingerprint density at radius 1 is 1.12 bits per heavy atom. The monoisotopic (exact) mass is 336 g/mol. The Bertz CT molecular complexity index is 463. The third kappa shape index (κ3) is 5.28. The number of hydrogen-bond donors (Lipinski definition) is 1. The second-order valence-electron chi connectivity index (χ2n) is 7.60. The zero-order valence-corrected chi connectivity index (χ0v) is 15.0. The number of piperidine rings is 1. The van der Waals surface area contributed by atoms with Gasteiger partial charge in [-0.15, -0.1) is 0 Å². The molecule has 6 heteroatoms. The molecule has 1 aromatic rings. The molecule has 136 valence electrons. The normalized spacial score (nSPS) is 29.0. The largest absolute Gasteiger partial charge is 0.390 e. The molecule has 2 fully saturated rings. The highest BCUT2D eigenvalue weighted by Crippen LogP contribution is 2.19. The van der Waals surface area contributed by atoms with Gasteiger partial charge in [0.25, 0.3) is 0 Å². The number of hydrogen-bond acceptors (Lipinski definition) is 5. The van der Waals surface area contributed by atoms with Gasteiger partial charge in [0.15, 0.2) is 0 Å². The average Bonchev–Trinajstić information content (AvgIpc) is 3.01. The van der Waals surface area contributed by atoms with Gasteiger partial charge in [0.2, 0.25) is 0 Å². The van der Waals surface area contributed by atoms with Crippen LogP contribution in [0, 0.1) is 5.92 Å². The van der Waals surface area contributed by atoms with Crippen molar-refractivity contribution in [3.63, 3.8) is 0 Å². The standard InChI is InChI=1S/C18H32N4O2/c1-15-10-21(11-16(2)24-15)14-18(23)13-20-8-4-17(5-9-20)12-22-7-3-6-19-22/h3,6-7,15-18,23H,4-5,8-14H2,1-2H3/t15-,16+,18-/m1/s1. The fourth-order valence-corrected chi connectivity index (χ4v) is 4.11. The first-order valence-electron chi connectivity index (χ1n) is 9.34. The molecule has 3 atom stereocenters. The molecule has 24 heavy (non-hydrogen) atoms. The molecule has 3 rings (SSSR count). The van der Waals surface area contributed by atoms with E-state index in [1.807, 2.05) is 23.1 Å². The number of aliphatic hydroxyl groups excluding tert-OH is 1. The summed E-state index contributed by atoms with van der Waals surface area (Å²) in [5.74, 6) is 0.708. The van der Waals surface area contributed by atoms with Gasteiger partial charge in [-0.2, -0.15) is 5.10 Å². The van der Waals surface area contributed by atoms with Gasteiger partial charge in [-0.3, -0.25) is 9.58 Å². The second kappa shape index (κ2) is 8.43. The Hall–Kier alpha value is -0.950. The number of morpholine rings is 1. The van der Waals surface area contributed by atoms with Crippen LogP contribution >= 0.6 is 0 Å². The van der Waals surface area contributed by atoms with Crippen molar-refractivity contribution < 1.29 is 9.84 Å². The van der Waals surface area contributed by atoms with E-state index in [1.165, 1.54) is 12.8 Å². The van der Waals surface area contributed by atoms with Gasteiger partial charge < -0.3 is 14.7 Å². The summed E-state index contributed by atoms with van der Waals surface area (Å²) in [6.45, 7) is 10.8. The summed E-state index contributed by atoms with van der Waals surface area (Å²) in [5, 5.41) is 14.8. The summed E-state index contributed by atoms with van der Waals surface area (Å²) in [6.07, 6.45) is 6.53. The molecule has 0 amide bonds. The van der Waals surface area contributed by atoms with Crippen molar-refractivity contribution >= 4 is 0 Å². The minimum atomic E-state index is -0.273. The van der Waals surface area contributed by atoms with E-state index in [-0.39, 0.29) is 18.3 Å². The molecule has 2 saturated heterocycles. The Kier molecular flexibility index (Phi) is 6.27. The molecule has 0 saturated carbocycles. The lowest BCUT2D eigenvalue weighted by molar-refractivity contribution is -0.0784. The summed E-state index contributed by atoms with van der Waals surface area (Å²) in [6, 6.07) is 1.98. The molecule has 0 unspecified atom stereocenters. The van der Waals surface area contributed by atoms with Gasteiger partial charge in [0.05, 0.1) is 18.3 Å². The van der Waals surface area contributed by atoms with Crippen LogP contribution < -0.4 is 0 Å². The molecule has 0 bridgehead atoms. The molecule has 0 radical (unpaired) electrons. The number of nitrogens with zero attached hydrogens (tertiary/aromatic N) is 4. The number of β-amino-alcohol motifs (C(OH)–C–C–N with tert-alkyl or cyclic N) is 1. The number of rotatable bonds is 6. The molecule has 6 nitrogen and oxygen atoms in total. The van der Waals surface area contributed by atoms with Gasteiger partial charge in [-0.1, -0.05) is 0 Å². The first kappa shape index (κ1) is 17.9. The third-order valence-corrected chi connectivity index (χ3v) is 5.14. The fraction of sp³-hybridized carbons (Fsp3) is 0.833. The lowest BCUT2D eigenvalue weighted by atomic mass is 9.96. The minimum Gasteiger partial charge on any atom is -0.390 e. The van der Waals surface area contributed by atoms with Gasteiger partial charge in [0, 0.05) is 45.1 Å². The molecule has 1 aromatic heterocycles. The molecular weight excluding hydrogens is 304 g/mol. The van der Waals surface area contributed by atoms with E-state index in [9.17, 15) is 5.11 Å². The van der Waals surface area contributed by atoms with E-state index in [4.69, 9.17) is 4.74 Å². The van der Waals surface area contributed by atoms with E-state index >= 15 is 0 Å². The summed E-state index contributed by atoms with van der Waals surface area (Å²) in [5.41, 5.74) is 0. The lowest BCUT2D eigenvalue weighted by Crippen LogP contribution is -2.50. The van der Waals surface area contributed by atoms with Gasteiger partial charge in [-0.05, 0) is 51.8 Å². The fourth-order valence-electron chi connectivity index (χ4n) is 4.11. The Balaban J connectivity index is 1.36. The molecule has 2 aliphatic heterocycles. The Morgan fingerprint density at radius 2 is 1.79 bits per heavy atom. The van der Waals surface area contributed by atoms with Gasteiger partial charge >= 0.3 is 0 Å². The second-order valence-corrected chi connectivity index (χ2v) is 7.60. The summed E-state index contributed by atoms with van der Waals surface area (Å²) in [7, 11) is 0. The van der Waals surface area contributed by atoms with Crippen LogP contribution in [-0.4, -0.2) is 82.3 Å². The zero-order chi connectivity index (χ0) is 16.9. The maximum atomic E-state index is 10.5. The summed E-state index contributed by atoms with van der Waals surface area (Å²) >= 11 is 0. The van der Waals surface area contributed by atoms with Crippen LogP contribution in [0.1, 0.15) is 26.7 Å². The quantitative estimate of drug-likeness (QED) is 0.842. The predicted molar refractivity (Wildman–Crippen MR) is 93.8 cm³/mol. The smallest absolute Gasteiger partial charge is 0.0793 e. The lowest BCUT2D eigenvalue weighted by Gasteiger charge is -2.38. The van der Waals surface area contributed by atoms with E-state index in [0.29, 0.717) is 5.92 Å². The predicted octanol–water partition coefficient (Wildman–Crippen LogP) is 1.07. The minimum absolute atomic E-state index is 0.263. The van der Waals surface area contributed by atoms with Gasteiger partial charge in [0.1, 0.15) is 0 Å². The van der Waals surface area contributed by atoms with Crippen LogP contribution in [0.25, 0.3) is 0 Å². The SMILES string of the molecule is C[C@@H]1CN(C[C@H](O)CN2CCC(Cn3cccn3)CC2)C[C@H](C)O1. The number of likely N-dealkylation sites (tertiary alicyclic amines) is 1. The van der Waals surface area contributed by atoms with Crippen LogP contribution in [0.5, 0.6) is 0 Å². The van der Waals surface area contributed by atoms with Crippen molar-refractivity contribution in [2.45, 2.75) is 51.5 Å². The van der Waals surface area contributed by atoms with Crippen LogP contribution in [0.4, 0.5) is 0 Å². The van der Waals surface area contributed by atoms with Crippen molar-refractivity contribution in [1.82, 2.24) is 19.6 Å². The molecule has 0 aromatic carbocycles. The maximum Gasteiger partial charge on any atom is 0.0793 e. The van der Waals surface area contributed by atoms with Crippen LogP contribution in [0.15, 0.2) is 18.5 Å². The topological polar surface area (TPSA) is 53.8 Å². The maximum absolute atomic E-state index is 10.5.